The number of carboxylic acids is 1. The van der Waals surface area contributed by atoms with Crippen molar-refractivity contribution in [2.45, 2.75) is 32.9 Å². The van der Waals surface area contributed by atoms with E-state index in [9.17, 15) is 13.2 Å². The molecule has 0 unspecified atom stereocenters. The summed E-state index contributed by atoms with van der Waals surface area (Å²) in [5.74, 6) is -1.29. The lowest BCUT2D eigenvalue weighted by molar-refractivity contribution is -0.137. The zero-order valence-corrected chi connectivity index (χ0v) is 12.9. The van der Waals surface area contributed by atoms with Crippen LogP contribution in [-0.4, -0.2) is 36.9 Å². The molecular formula is C14H21NO4S. The maximum Gasteiger partial charge on any atom is 0.318 e. The van der Waals surface area contributed by atoms with E-state index in [-0.39, 0.29) is 12.3 Å². The molecule has 0 radical (unpaired) electrons. The quantitative estimate of drug-likeness (QED) is 0.835. The molecule has 1 aromatic carbocycles. The Hall–Kier alpha value is -1.40. The molecule has 0 saturated heterocycles. The number of aryl methyl sites for hydroxylation is 2. The van der Waals surface area contributed by atoms with Crippen molar-refractivity contribution in [2.75, 3.05) is 13.1 Å². The van der Waals surface area contributed by atoms with Crippen molar-refractivity contribution in [3.05, 3.63) is 34.9 Å². The molecule has 0 aliphatic rings. The lowest BCUT2D eigenvalue weighted by Gasteiger charge is -2.21. The van der Waals surface area contributed by atoms with Crippen molar-refractivity contribution in [1.29, 1.82) is 0 Å². The van der Waals surface area contributed by atoms with Crippen LogP contribution in [-0.2, 0) is 20.6 Å². The third-order valence-corrected chi connectivity index (χ3v) is 4.90. The molecule has 1 aromatic rings. The maximum atomic E-state index is 12.4. The van der Waals surface area contributed by atoms with Gasteiger partial charge >= 0.3 is 5.97 Å². The molecule has 0 fully saturated rings. The Morgan fingerprint density at radius 3 is 2.25 bits per heavy atom. The molecule has 0 aliphatic carbocycles. The topological polar surface area (TPSA) is 74.7 Å². The molecule has 1 N–H and O–H groups in total. The highest BCUT2D eigenvalue weighted by Crippen LogP contribution is 2.18. The number of benzene rings is 1. The SMILES string of the molecule is CCCN(CC(=O)O)S(=O)(=O)Cc1c(C)cccc1C. The summed E-state index contributed by atoms with van der Waals surface area (Å²) in [5.41, 5.74) is 2.56. The number of hydrogen-bond acceptors (Lipinski definition) is 3. The predicted molar refractivity (Wildman–Crippen MR) is 78.0 cm³/mol. The summed E-state index contributed by atoms with van der Waals surface area (Å²) in [6.45, 7) is 5.28. The fourth-order valence-corrected chi connectivity index (χ4v) is 3.84. The lowest BCUT2D eigenvalue weighted by Crippen LogP contribution is -2.37. The van der Waals surface area contributed by atoms with Crippen molar-refractivity contribution in [1.82, 2.24) is 4.31 Å². The fraction of sp³-hybridized carbons (Fsp3) is 0.500. The van der Waals surface area contributed by atoms with Gasteiger partial charge in [-0.1, -0.05) is 25.1 Å². The third-order valence-electron chi connectivity index (χ3n) is 3.15. The molecule has 0 aromatic heterocycles. The van der Waals surface area contributed by atoms with E-state index >= 15 is 0 Å². The summed E-state index contributed by atoms with van der Waals surface area (Å²) < 4.78 is 25.8. The molecule has 0 spiro atoms. The Bertz CT molecular complexity index is 561. The van der Waals surface area contributed by atoms with Crippen molar-refractivity contribution in [3.63, 3.8) is 0 Å². The second-order valence-corrected chi connectivity index (χ2v) is 6.82. The zero-order chi connectivity index (χ0) is 15.3. The van der Waals surface area contributed by atoms with Crippen LogP contribution in [0.25, 0.3) is 0 Å². The largest absolute Gasteiger partial charge is 0.480 e. The number of rotatable bonds is 7. The Morgan fingerprint density at radius 1 is 1.25 bits per heavy atom. The molecular weight excluding hydrogens is 278 g/mol. The summed E-state index contributed by atoms with van der Waals surface area (Å²) in [5, 5.41) is 8.84. The minimum absolute atomic E-state index is 0.154. The predicted octanol–water partition coefficient (Wildman–Crippen LogP) is 1.93. The Morgan fingerprint density at radius 2 is 1.80 bits per heavy atom. The molecule has 0 aliphatic heterocycles. The molecule has 112 valence electrons. The number of hydrogen-bond donors (Lipinski definition) is 1. The summed E-state index contributed by atoms with van der Waals surface area (Å²) in [4.78, 5) is 10.8. The standard InChI is InChI=1S/C14H21NO4S/c1-4-8-15(9-14(16)17)20(18,19)10-13-11(2)6-5-7-12(13)3/h5-7H,4,8-10H2,1-3H3,(H,16,17). The van der Waals surface area contributed by atoms with Gasteiger partial charge in [-0.2, -0.15) is 4.31 Å². The van der Waals surface area contributed by atoms with E-state index in [0.717, 1.165) is 21.0 Å². The van der Waals surface area contributed by atoms with Gasteiger partial charge in [0.2, 0.25) is 10.0 Å². The van der Waals surface area contributed by atoms with Crippen LogP contribution >= 0.6 is 0 Å². The van der Waals surface area contributed by atoms with Gasteiger partial charge in [0.05, 0.1) is 5.75 Å². The Balaban J connectivity index is 3.05. The van der Waals surface area contributed by atoms with Crippen LogP contribution < -0.4 is 0 Å². The van der Waals surface area contributed by atoms with Crippen LogP contribution in [0.4, 0.5) is 0 Å². The third kappa shape index (κ3) is 4.31. The highest BCUT2D eigenvalue weighted by molar-refractivity contribution is 7.88. The number of carboxylic acid groups (broad SMARTS) is 1. The highest BCUT2D eigenvalue weighted by Gasteiger charge is 2.25. The van der Waals surface area contributed by atoms with Gasteiger partial charge in [-0.05, 0) is 37.0 Å². The van der Waals surface area contributed by atoms with Crippen LogP contribution in [0.15, 0.2) is 18.2 Å². The van der Waals surface area contributed by atoms with Gasteiger partial charge in [0.15, 0.2) is 0 Å². The van der Waals surface area contributed by atoms with E-state index < -0.39 is 22.5 Å². The first-order chi connectivity index (χ1) is 9.27. The molecule has 0 atom stereocenters. The van der Waals surface area contributed by atoms with Crippen molar-refractivity contribution >= 4 is 16.0 Å². The summed E-state index contributed by atoms with van der Waals surface area (Å²) >= 11 is 0. The average molecular weight is 299 g/mol. The lowest BCUT2D eigenvalue weighted by atomic mass is 10.1. The van der Waals surface area contributed by atoms with E-state index in [2.05, 4.69) is 0 Å². The van der Waals surface area contributed by atoms with E-state index in [1.54, 1.807) is 0 Å². The minimum atomic E-state index is -3.63. The second kappa shape index (κ2) is 6.85. The normalized spacial score (nSPS) is 11.8. The first-order valence-corrected chi connectivity index (χ1v) is 8.13. The Kier molecular flexibility index (Phi) is 5.71. The minimum Gasteiger partial charge on any atom is -0.480 e. The van der Waals surface area contributed by atoms with Gasteiger partial charge in [0.1, 0.15) is 6.54 Å². The van der Waals surface area contributed by atoms with E-state index in [0.29, 0.717) is 6.42 Å². The average Bonchev–Trinajstić information content (AvgIpc) is 2.33. The van der Waals surface area contributed by atoms with Crippen molar-refractivity contribution < 1.29 is 18.3 Å². The second-order valence-electron chi connectivity index (χ2n) is 4.85. The molecule has 6 heteroatoms. The van der Waals surface area contributed by atoms with Gasteiger partial charge in [-0.3, -0.25) is 4.79 Å². The molecule has 0 saturated carbocycles. The smallest absolute Gasteiger partial charge is 0.318 e. The van der Waals surface area contributed by atoms with Crippen LogP contribution in [0, 0.1) is 13.8 Å². The van der Waals surface area contributed by atoms with Gasteiger partial charge in [-0.15, -0.1) is 0 Å². The Labute approximate surface area is 120 Å². The summed E-state index contributed by atoms with van der Waals surface area (Å²) in [6.07, 6.45) is 0.583. The summed E-state index contributed by atoms with van der Waals surface area (Å²) in [6, 6.07) is 5.60. The number of sulfonamides is 1. The summed E-state index contributed by atoms with van der Waals surface area (Å²) in [7, 11) is -3.63. The molecule has 0 heterocycles. The monoisotopic (exact) mass is 299 g/mol. The molecule has 0 amide bonds. The fourth-order valence-electron chi connectivity index (χ4n) is 2.07. The molecule has 5 nitrogen and oxygen atoms in total. The molecule has 20 heavy (non-hydrogen) atoms. The zero-order valence-electron chi connectivity index (χ0n) is 12.1. The van der Waals surface area contributed by atoms with Crippen LogP contribution in [0.2, 0.25) is 0 Å². The van der Waals surface area contributed by atoms with Crippen molar-refractivity contribution in [2.24, 2.45) is 0 Å². The first kappa shape index (κ1) is 16.7. The van der Waals surface area contributed by atoms with Crippen molar-refractivity contribution in [3.8, 4) is 0 Å². The van der Waals surface area contributed by atoms with Gasteiger partial charge < -0.3 is 5.11 Å². The number of nitrogens with zero attached hydrogens (tertiary/aromatic N) is 1. The number of aliphatic carboxylic acids is 1. The van der Waals surface area contributed by atoms with E-state index in [1.807, 2.05) is 39.0 Å². The maximum absolute atomic E-state index is 12.4. The van der Waals surface area contributed by atoms with Gasteiger partial charge in [-0.25, -0.2) is 8.42 Å². The van der Waals surface area contributed by atoms with Gasteiger partial charge in [0.25, 0.3) is 0 Å². The van der Waals surface area contributed by atoms with Crippen LogP contribution in [0.1, 0.15) is 30.0 Å². The highest BCUT2D eigenvalue weighted by atomic mass is 32.2. The first-order valence-electron chi connectivity index (χ1n) is 6.52. The van der Waals surface area contributed by atoms with Gasteiger partial charge in [0, 0.05) is 6.54 Å². The van der Waals surface area contributed by atoms with E-state index in [4.69, 9.17) is 5.11 Å². The number of carbonyl (C=O) groups is 1. The van der Waals surface area contributed by atoms with Crippen LogP contribution in [0.5, 0.6) is 0 Å². The molecule has 0 bridgehead atoms. The van der Waals surface area contributed by atoms with Crippen LogP contribution in [0.3, 0.4) is 0 Å². The van der Waals surface area contributed by atoms with E-state index in [1.165, 1.54) is 0 Å². The molecule has 1 rings (SSSR count).